The highest BCUT2D eigenvalue weighted by Crippen LogP contribution is 2.30. The van der Waals surface area contributed by atoms with Gasteiger partial charge in [-0.25, -0.2) is 4.98 Å². The number of rotatable bonds is 5. The van der Waals surface area contributed by atoms with E-state index in [0.717, 1.165) is 5.69 Å². The Morgan fingerprint density at radius 1 is 1.24 bits per heavy atom. The van der Waals surface area contributed by atoms with Crippen LogP contribution in [0.5, 0.6) is 0 Å². The van der Waals surface area contributed by atoms with Crippen molar-refractivity contribution in [1.29, 1.82) is 0 Å². The van der Waals surface area contributed by atoms with Crippen LogP contribution in [-0.2, 0) is 0 Å². The minimum atomic E-state index is -0.0832. The van der Waals surface area contributed by atoms with Gasteiger partial charge in [-0.3, -0.25) is 14.7 Å². The van der Waals surface area contributed by atoms with E-state index in [2.05, 4.69) is 30.3 Å². The van der Waals surface area contributed by atoms with Crippen LogP contribution in [0.3, 0.4) is 0 Å². The van der Waals surface area contributed by atoms with Crippen LogP contribution in [0.4, 0.5) is 5.69 Å². The molecule has 2 atom stereocenters. The molecule has 0 aliphatic carbocycles. The highest BCUT2D eigenvalue weighted by molar-refractivity contribution is 5.94. The lowest BCUT2D eigenvalue weighted by Crippen LogP contribution is -2.36. The first-order valence-corrected chi connectivity index (χ1v) is 9.39. The molecule has 0 unspecified atom stereocenters. The Labute approximate surface area is 168 Å². The predicted molar refractivity (Wildman–Crippen MR) is 107 cm³/mol. The molecule has 1 aromatic carbocycles. The van der Waals surface area contributed by atoms with E-state index in [1.165, 1.54) is 0 Å². The van der Waals surface area contributed by atoms with Crippen LogP contribution in [0.25, 0.3) is 11.5 Å². The number of benzene rings is 1. The molecule has 4 rings (SSSR count). The zero-order chi connectivity index (χ0) is 20.4. The van der Waals surface area contributed by atoms with Gasteiger partial charge < -0.3 is 14.7 Å². The average molecular weight is 393 g/mol. The van der Waals surface area contributed by atoms with Gasteiger partial charge in [-0.1, -0.05) is 5.16 Å². The predicted octanol–water partition coefficient (Wildman–Crippen LogP) is 1.77. The summed E-state index contributed by atoms with van der Waals surface area (Å²) in [5.74, 6) is 0.843. The van der Waals surface area contributed by atoms with E-state index in [9.17, 15) is 4.79 Å². The number of hydrogen-bond donors (Lipinski definition) is 1. The van der Waals surface area contributed by atoms with Crippen molar-refractivity contribution in [2.75, 3.05) is 32.6 Å². The fourth-order valence-electron chi connectivity index (χ4n) is 3.46. The third-order valence-electron chi connectivity index (χ3n) is 5.05. The molecular formula is C20H23N7O2. The minimum Gasteiger partial charge on any atom is -0.378 e. The first kappa shape index (κ1) is 19.0. The van der Waals surface area contributed by atoms with E-state index in [-0.39, 0.29) is 18.0 Å². The molecule has 0 radical (unpaired) electrons. The molecule has 3 heterocycles. The Bertz CT molecular complexity index is 972. The fraction of sp³-hybridized carbons (Fsp3) is 0.350. The summed E-state index contributed by atoms with van der Waals surface area (Å²) in [6.45, 7) is 0.703. The second-order valence-corrected chi connectivity index (χ2v) is 7.35. The maximum atomic E-state index is 12.6. The van der Waals surface area contributed by atoms with Gasteiger partial charge in [0.05, 0.1) is 12.2 Å². The Morgan fingerprint density at radius 3 is 2.72 bits per heavy atom. The number of carbonyl (C=O) groups is 1. The number of anilines is 1. The SMILES string of the molecule is CN(C)c1ccc(C(=O)N[C@H]2C[C@@H](c3nc(-c4cnccn4)no3)N(C)C2)cc1. The van der Waals surface area contributed by atoms with Gasteiger partial charge in [-0.2, -0.15) is 4.98 Å². The second-order valence-electron chi connectivity index (χ2n) is 7.35. The molecule has 0 spiro atoms. The third-order valence-corrected chi connectivity index (χ3v) is 5.05. The summed E-state index contributed by atoms with van der Waals surface area (Å²) in [4.78, 5) is 29.4. The molecule has 1 fully saturated rings. The third kappa shape index (κ3) is 4.09. The van der Waals surface area contributed by atoms with Gasteiger partial charge >= 0.3 is 0 Å². The van der Waals surface area contributed by atoms with Gasteiger partial charge in [0.2, 0.25) is 11.7 Å². The molecule has 3 aromatic rings. The van der Waals surface area contributed by atoms with E-state index >= 15 is 0 Å². The molecule has 1 N–H and O–H groups in total. The van der Waals surface area contributed by atoms with Crippen LogP contribution < -0.4 is 10.2 Å². The minimum absolute atomic E-state index is 0.00195. The highest BCUT2D eigenvalue weighted by atomic mass is 16.5. The number of aromatic nitrogens is 4. The summed E-state index contributed by atoms with van der Waals surface area (Å²) in [5.41, 5.74) is 2.26. The first-order chi connectivity index (χ1) is 14.0. The molecule has 0 saturated carbocycles. The van der Waals surface area contributed by atoms with Crippen molar-refractivity contribution >= 4 is 11.6 Å². The average Bonchev–Trinajstić information content (AvgIpc) is 3.35. The number of nitrogens with zero attached hydrogens (tertiary/aromatic N) is 6. The topological polar surface area (TPSA) is 100 Å². The summed E-state index contributed by atoms with van der Waals surface area (Å²) < 4.78 is 5.46. The van der Waals surface area contributed by atoms with E-state index in [0.29, 0.717) is 35.9 Å². The molecule has 29 heavy (non-hydrogen) atoms. The van der Waals surface area contributed by atoms with Crippen molar-refractivity contribution in [2.45, 2.75) is 18.5 Å². The molecule has 9 nitrogen and oxygen atoms in total. The van der Waals surface area contributed by atoms with Crippen LogP contribution in [0, 0.1) is 0 Å². The standard InChI is InChI=1S/C20H23N7O2/c1-26(2)15-6-4-13(5-7-15)19(28)23-14-10-17(27(3)12-14)20-24-18(25-29-20)16-11-21-8-9-22-16/h4-9,11,14,17H,10,12H2,1-3H3,(H,23,28)/t14-,17-/m0/s1. The second kappa shape index (κ2) is 7.96. The van der Waals surface area contributed by atoms with E-state index in [1.807, 2.05) is 50.3 Å². The number of carbonyl (C=O) groups excluding carboxylic acids is 1. The van der Waals surface area contributed by atoms with Crippen LogP contribution in [0.2, 0.25) is 0 Å². The van der Waals surface area contributed by atoms with Crippen molar-refractivity contribution < 1.29 is 9.32 Å². The number of hydrogen-bond acceptors (Lipinski definition) is 8. The molecule has 0 bridgehead atoms. The summed E-state index contributed by atoms with van der Waals surface area (Å²) in [6.07, 6.45) is 5.47. The molecule has 9 heteroatoms. The summed E-state index contributed by atoms with van der Waals surface area (Å²) in [7, 11) is 5.92. The van der Waals surface area contributed by atoms with Crippen molar-refractivity contribution in [3.05, 3.63) is 54.3 Å². The molecule has 1 amide bonds. The maximum Gasteiger partial charge on any atom is 0.251 e. The van der Waals surface area contributed by atoms with Crippen molar-refractivity contribution in [3.63, 3.8) is 0 Å². The number of likely N-dealkylation sites (tertiary alicyclic amines) is 1. The molecule has 150 valence electrons. The van der Waals surface area contributed by atoms with E-state index in [1.54, 1.807) is 18.6 Å². The Balaban J connectivity index is 1.41. The van der Waals surface area contributed by atoms with Gasteiger partial charge in [0.15, 0.2) is 0 Å². The van der Waals surface area contributed by atoms with Gasteiger partial charge in [0.1, 0.15) is 5.69 Å². The van der Waals surface area contributed by atoms with Crippen LogP contribution in [0.1, 0.15) is 28.7 Å². The number of nitrogens with one attached hydrogen (secondary N) is 1. The smallest absolute Gasteiger partial charge is 0.251 e. The lowest BCUT2D eigenvalue weighted by Gasteiger charge is -2.15. The van der Waals surface area contributed by atoms with Gasteiger partial charge in [-0.15, -0.1) is 0 Å². The zero-order valence-corrected chi connectivity index (χ0v) is 16.6. The zero-order valence-electron chi connectivity index (χ0n) is 16.6. The number of amides is 1. The summed E-state index contributed by atoms with van der Waals surface area (Å²) in [5, 5.41) is 7.12. The van der Waals surface area contributed by atoms with Crippen LogP contribution >= 0.6 is 0 Å². The molecule has 1 saturated heterocycles. The van der Waals surface area contributed by atoms with Gasteiger partial charge in [0.25, 0.3) is 5.91 Å². The Hall–Kier alpha value is -3.33. The Kier molecular flexibility index (Phi) is 5.22. The highest BCUT2D eigenvalue weighted by Gasteiger charge is 2.35. The largest absolute Gasteiger partial charge is 0.378 e. The van der Waals surface area contributed by atoms with Crippen molar-refractivity contribution in [1.82, 2.24) is 30.3 Å². The maximum absolute atomic E-state index is 12.6. The fourth-order valence-corrected chi connectivity index (χ4v) is 3.46. The summed E-state index contributed by atoms with van der Waals surface area (Å²) >= 11 is 0. The van der Waals surface area contributed by atoms with Crippen molar-refractivity contribution in [3.8, 4) is 11.5 Å². The lowest BCUT2D eigenvalue weighted by atomic mass is 10.1. The van der Waals surface area contributed by atoms with Crippen LogP contribution in [-0.4, -0.2) is 64.6 Å². The monoisotopic (exact) mass is 393 g/mol. The van der Waals surface area contributed by atoms with Crippen molar-refractivity contribution in [2.24, 2.45) is 0 Å². The van der Waals surface area contributed by atoms with Gasteiger partial charge in [0, 0.05) is 50.3 Å². The number of likely N-dealkylation sites (N-methyl/N-ethyl adjacent to an activating group) is 1. The molecule has 2 aromatic heterocycles. The Morgan fingerprint density at radius 2 is 2.03 bits per heavy atom. The summed E-state index contributed by atoms with van der Waals surface area (Å²) in [6, 6.07) is 7.49. The van der Waals surface area contributed by atoms with E-state index < -0.39 is 0 Å². The normalized spacial score (nSPS) is 19.3. The molecular weight excluding hydrogens is 370 g/mol. The first-order valence-electron chi connectivity index (χ1n) is 9.39. The quantitative estimate of drug-likeness (QED) is 0.700. The van der Waals surface area contributed by atoms with Gasteiger partial charge in [-0.05, 0) is 37.7 Å². The van der Waals surface area contributed by atoms with E-state index in [4.69, 9.17) is 4.52 Å². The van der Waals surface area contributed by atoms with Crippen LogP contribution in [0.15, 0.2) is 47.4 Å². The molecule has 1 aliphatic rings. The molecule has 1 aliphatic heterocycles. The lowest BCUT2D eigenvalue weighted by molar-refractivity contribution is 0.0938.